The number of carbonyl (C=O) groups excluding carboxylic acids is 3. The van der Waals surface area contributed by atoms with Crippen molar-refractivity contribution in [2.75, 3.05) is 13.2 Å². The minimum Gasteiger partial charge on any atom is -0.366 e. The molecule has 1 aliphatic carbocycles. The van der Waals surface area contributed by atoms with Crippen LogP contribution in [-0.4, -0.2) is 79.4 Å². The number of nitrogens with zero attached hydrogens (tertiary/aromatic N) is 5. The van der Waals surface area contributed by atoms with E-state index in [1.807, 2.05) is 0 Å². The van der Waals surface area contributed by atoms with Gasteiger partial charge in [-0.3, -0.25) is 14.4 Å². The highest BCUT2D eigenvalue weighted by atomic mass is 35.5. The van der Waals surface area contributed by atoms with E-state index >= 15 is 0 Å². The summed E-state index contributed by atoms with van der Waals surface area (Å²) in [6.07, 6.45) is 4.60. The fraction of sp³-hybridized carbons (Fsp3) is 0.565. The number of hydrogen-bond acceptors (Lipinski definition) is 7. The lowest BCUT2D eigenvalue weighted by Crippen LogP contribution is -2.55. The molecule has 2 amide bonds. The first-order chi connectivity index (χ1) is 16.4. The number of fused-ring (bicyclic) bond motifs is 1. The first kappa shape index (κ1) is 37.9. The predicted octanol–water partition coefficient (Wildman–Crippen LogP) is 1.94. The SMILES string of the molecule is CC1CCC([C@H](NC(=O)c2cccc(-n3cnnn3)c2)C(=O)N2C[C@H](Cl)[C@H]3OCC(=O)[C@H]32)CC1.S.S.S.S.S. The zero-order chi connectivity index (χ0) is 23.8. The molecule has 1 N–H and O–H groups in total. The molecule has 3 aliphatic rings. The second-order valence-corrected chi connectivity index (χ2v) is 10.0. The zero-order valence-electron chi connectivity index (χ0n) is 21.3. The number of ketones is 1. The fourth-order valence-corrected chi connectivity index (χ4v) is 5.66. The number of halogens is 1. The Morgan fingerprint density at radius 1 is 1.10 bits per heavy atom. The van der Waals surface area contributed by atoms with Gasteiger partial charge in [-0.15, -0.1) is 16.7 Å². The van der Waals surface area contributed by atoms with Crippen LogP contribution in [0.1, 0.15) is 43.0 Å². The van der Waals surface area contributed by atoms with E-state index < -0.39 is 23.6 Å². The van der Waals surface area contributed by atoms with E-state index in [-0.39, 0.29) is 104 Å². The first-order valence-electron chi connectivity index (χ1n) is 11.7. The lowest BCUT2D eigenvalue weighted by atomic mass is 9.78. The van der Waals surface area contributed by atoms with Crippen LogP contribution in [0, 0.1) is 11.8 Å². The van der Waals surface area contributed by atoms with E-state index in [2.05, 4.69) is 27.8 Å². The van der Waals surface area contributed by atoms with Crippen LogP contribution in [0.25, 0.3) is 5.69 Å². The molecule has 1 aromatic carbocycles. The third kappa shape index (κ3) is 8.01. The van der Waals surface area contributed by atoms with Crippen LogP contribution in [0.2, 0.25) is 0 Å². The van der Waals surface area contributed by atoms with Crippen LogP contribution in [0.4, 0.5) is 0 Å². The summed E-state index contributed by atoms with van der Waals surface area (Å²) in [4.78, 5) is 41.1. The molecule has 3 heterocycles. The van der Waals surface area contributed by atoms with E-state index in [9.17, 15) is 14.4 Å². The van der Waals surface area contributed by atoms with E-state index in [1.54, 1.807) is 24.3 Å². The summed E-state index contributed by atoms with van der Waals surface area (Å²) in [6, 6.07) is 5.46. The van der Waals surface area contributed by atoms with Crippen molar-refractivity contribution in [2.45, 2.75) is 56.2 Å². The molecule has 4 atom stereocenters. The van der Waals surface area contributed by atoms with Crippen molar-refractivity contribution in [1.82, 2.24) is 30.4 Å². The number of hydrogen-bond donors (Lipinski definition) is 1. The van der Waals surface area contributed by atoms with Gasteiger partial charge in [0.15, 0.2) is 5.78 Å². The van der Waals surface area contributed by atoms with Crippen LogP contribution in [0.5, 0.6) is 0 Å². The number of amides is 2. The summed E-state index contributed by atoms with van der Waals surface area (Å²) >= 11 is 6.42. The molecule has 2 aliphatic heterocycles. The molecule has 220 valence electrons. The van der Waals surface area contributed by atoms with Crippen molar-refractivity contribution >= 4 is 96.7 Å². The Hall–Kier alpha value is -1.10. The summed E-state index contributed by atoms with van der Waals surface area (Å²) < 4.78 is 7.00. The molecule has 16 heteroatoms. The van der Waals surface area contributed by atoms with Crippen LogP contribution < -0.4 is 5.32 Å². The standard InChI is InChI=1S/C23H27ClN6O4.5H2S/c1-13-5-7-14(8-6-13)19(23(33)29-10-17(24)21-20(29)18(31)11-34-21)26-22(32)15-3-2-4-16(9-15)30-12-25-27-28-30;;;;;/h2-4,9,12-14,17,19-21H,5-8,10-11H2,1H3,(H,26,32);5*1H2/t13?,14?,17-,19-,20+,21+;;;;;/m0...../s1. The largest absolute Gasteiger partial charge is 0.366 e. The van der Waals surface area contributed by atoms with E-state index in [0.29, 0.717) is 17.2 Å². The minimum absolute atomic E-state index is 0. The number of ether oxygens (including phenoxy) is 1. The average Bonchev–Trinajstić information content (AvgIpc) is 3.58. The summed E-state index contributed by atoms with van der Waals surface area (Å²) in [5.41, 5.74) is 1.03. The third-order valence-electron chi connectivity index (χ3n) is 7.21. The van der Waals surface area contributed by atoms with Gasteiger partial charge in [-0.25, -0.2) is 4.68 Å². The zero-order valence-corrected chi connectivity index (χ0v) is 27.1. The Labute approximate surface area is 267 Å². The number of tetrazole rings is 1. The molecule has 3 fully saturated rings. The maximum atomic E-state index is 13.8. The second kappa shape index (κ2) is 16.4. The number of alkyl halides is 1. The van der Waals surface area contributed by atoms with Gasteiger partial charge in [-0.2, -0.15) is 67.5 Å². The van der Waals surface area contributed by atoms with Crippen LogP contribution in [-0.2, 0) is 14.3 Å². The van der Waals surface area contributed by atoms with Gasteiger partial charge in [0, 0.05) is 12.1 Å². The molecule has 5 rings (SSSR count). The van der Waals surface area contributed by atoms with Gasteiger partial charge in [-0.05, 0) is 53.3 Å². The Bertz CT molecular complexity index is 1090. The molecule has 0 unspecified atom stereocenters. The van der Waals surface area contributed by atoms with E-state index in [0.717, 1.165) is 25.7 Å². The molecular formula is C23H37ClN6O4S5. The number of benzene rings is 1. The Morgan fingerprint density at radius 2 is 1.79 bits per heavy atom. The number of aromatic nitrogens is 4. The molecular weight excluding hydrogens is 620 g/mol. The number of likely N-dealkylation sites (tertiary alicyclic amines) is 1. The molecule has 2 saturated heterocycles. The van der Waals surface area contributed by atoms with E-state index in [1.165, 1.54) is 15.9 Å². The summed E-state index contributed by atoms with van der Waals surface area (Å²) in [6.45, 7) is 2.39. The molecule has 1 aromatic heterocycles. The number of carbonyl (C=O) groups is 3. The highest BCUT2D eigenvalue weighted by Gasteiger charge is 2.53. The fourth-order valence-electron chi connectivity index (χ4n) is 5.30. The molecule has 0 spiro atoms. The van der Waals surface area contributed by atoms with Gasteiger partial charge < -0.3 is 15.0 Å². The highest BCUT2D eigenvalue weighted by molar-refractivity contribution is 7.60. The van der Waals surface area contributed by atoms with Crippen molar-refractivity contribution in [1.29, 1.82) is 0 Å². The second-order valence-electron chi connectivity index (χ2n) is 9.47. The lowest BCUT2D eigenvalue weighted by Gasteiger charge is -2.35. The van der Waals surface area contributed by atoms with Crippen LogP contribution in [0.15, 0.2) is 30.6 Å². The Morgan fingerprint density at radius 3 is 2.44 bits per heavy atom. The normalized spacial score (nSPS) is 25.8. The van der Waals surface area contributed by atoms with Crippen molar-refractivity contribution in [3.8, 4) is 5.69 Å². The van der Waals surface area contributed by atoms with Gasteiger partial charge in [0.05, 0.1) is 11.1 Å². The van der Waals surface area contributed by atoms with Crippen LogP contribution in [0.3, 0.4) is 0 Å². The quantitative estimate of drug-likeness (QED) is 0.489. The smallest absolute Gasteiger partial charge is 0.252 e. The lowest BCUT2D eigenvalue weighted by molar-refractivity contribution is -0.139. The van der Waals surface area contributed by atoms with Gasteiger partial charge in [0.25, 0.3) is 5.91 Å². The molecule has 0 bridgehead atoms. The third-order valence-corrected chi connectivity index (χ3v) is 7.60. The van der Waals surface area contributed by atoms with Crippen molar-refractivity contribution in [3.05, 3.63) is 36.2 Å². The number of rotatable bonds is 5. The Balaban J connectivity index is 0.00000289. The maximum Gasteiger partial charge on any atom is 0.252 e. The van der Waals surface area contributed by atoms with Crippen molar-refractivity contribution < 1.29 is 19.1 Å². The van der Waals surface area contributed by atoms with Crippen LogP contribution >= 0.6 is 79.1 Å². The molecule has 0 radical (unpaired) electrons. The predicted molar refractivity (Wildman–Crippen MR) is 173 cm³/mol. The number of Topliss-reactive ketones (excluding diaryl/α,β-unsaturated/α-hetero) is 1. The average molecular weight is 657 g/mol. The van der Waals surface area contributed by atoms with Gasteiger partial charge in [0.1, 0.15) is 31.1 Å². The summed E-state index contributed by atoms with van der Waals surface area (Å²) in [7, 11) is 0. The minimum atomic E-state index is -0.743. The van der Waals surface area contributed by atoms with Crippen molar-refractivity contribution in [3.63, 3.8) is 0 Å². The molecule has 10 nitrogen and oxygen atoms in total. The molecule has 1 saturated carbocycles. The number of nitrogens with one attached hydrogen (secondary N) is 1. The van der Waals surface area contributed by atoms with Gasteiger partial charge >= 0.3 is 0 Å². The monoisotopic (exact) mass is 656 g/mol. The van der Waals surface area contributed by atoms with E-state index in [4.69, 9.17) is 16.3 Å². The van der Waals surface area contributed by atoms with Gasteiger partial charge in [0.2, 0.25) is 5.91 Å². The van der Waals surface area contributed by atoms with Gasteiger partial charge in [-0.1, -0.05) is 25.8 Å². The summed E-state index contributed by atoms with van der Waals surface area (Å²) in [5.74, 6) is -0.192. The molecule has 2 aromatic rings. The first-order valence-corrected chi connectivity index (χ1v) is 12.1. The summed E-state index contributed by atoms with van der Waals surface area (Å²) in [5, 5.41) is 13.7. The highest BCUT2D eigenvalue weighted by Crippen LogP contribution is 2.35. The maximum absolute atomic E-state index is 13.8. The topological polar surface area (TPSA) is 119 Å². The van der Waals surface area contributed by atoms with Crippen molar-refractivity contribution in [2.24, 2.45) is 11.8 Å². The molecule has 39 heavy (non-hydrogen) atoms. The Kier molecular flexibility index (Phi) is 15.9.